The second-order valence-electron chi connectivity index (χ2n) is 9.67. The van der Waals surface area contributed by atoms with Gasteiger partial charge < -0.3 is 0 Å². The molecule has 0 aliphatic heterocycles. The highest BCUT2D eigenvalue weighted by atomic mass is 79.9. The van der Waals surface area contributed by atoms with Crippen LogP contribution in [-0.4, -0.2) is 33.8 Å². The predicted molar refractivity (Wildman–Crippen MR) is 131 cm³/mol. The number of halogens is 1. The maximum absolute atomic E-state index is 13.0. The summed E-state index contributed by atoms with van der Waals surface area (Å²) < 4.78 is 2.83. The minimum atomic E-state index is -1.33. The zero-order chi connectivity index (χ0) is 22.6. The average molecular weight is 500 g/mol. The van der Waals surface area contributed by atoms with Gasteiger partial charge in [0.25, 0.3) is 0 Å². The lowest BCUT2D eigenvalue weighted by Gasteiger charge is -2.15. The van der Waals surface area contributed by atoms with E-state index in [0.29, 0.717) is 18.8 Å². The summed E-state index contributed by atoms with van der Waals surface area (Å²) in [4.78, 5) is 17.6. The highest BCUT2D eigenvalue weighted by Crippen LogP contribution is 2.27. The summed E-state index contributed by atoms with van der Waals surface area (Å²) in [5, 5.41) is 8.76. The Bertz CT molecular complexity index is 1010. The van der Waals surface area contributed by atoms with Gasteiger partial charge in [-0.15, -0.1) is 5.10 Å². The van der Waals surface area contributed by atoms with Crippen molar-refractivity contribution in [2.45, 2.75) is 64.3 Å². The highest BCUT2D eigenvalue weighted by molar-refractivity contribution is 9.10. The van der Waals surface area contributed by atoms with Crippen LogP contribution in [0.5, 0.6) is 0 Å². The summed E-state index contributed by atoms with van der Waals surface area (Å²) in [6, 6.07) is 12.3. The second kappa shape index (κ2) is 10.00. The Morgan fingerprint density at radius 3 is 2.35 bits per heavy atom. The number of benzene rings is 1. The molecule has 0 saturated carbocycles. The van der Waals surface area contributed by atoms with Crippen molar-refractivity contribution >= 4 is 29.8 Å². The fourth-order valence-electron chi connectivity index (χ4n) is 3.54. The molecule has 2 aromatic heterocycles. The first-order valence-corrected chi connectivity index (χ1v) is 15.2. The zero-order valence-corrected chi connectivity index (χ0v) is 21.6. The molecule has 5 nitrogen and oxygen atoms in total. The Labute approximate surface area is 194 Å². The van der Waals surface area contributed by atoms with E-state index >= 15 is 0 Å². The lowest BCUT2D eigenvalue weighted by atomic mass is 9.92. The van der Waals surface area contributed by atoms with Crippen LogP contribution in [0.25, 0.3) is 0 Å². The normalized spacial score (nSPS) is 12.9. The van der Waals surface area contributed by atoms with Crippen LogP contribution in [0.3, 0.4) is 0 Å². The monoisotopic (exact) mass is 498 g/mol. The van der Waals surface area contributed by atoms with Crippen LogP contribution in [0.2, 0.25) is 19.6 Å². The molecule has 0 spiro atoms. The lowest BCUT2D eigenvalue weighted by Crippen LogP contribution is -2.28. The van der Waals surface area contributed by atoms with Gasteiger partial charge in [0, 0.05) is 35.9 Å². The molecule has 0 saturated heterocycles. The zero-order valence-electron chi connectivity index (χ0n) is 19.0. The lowest BCUT2D eigenvalue weighted by molar-refractivity contribution is -0.118. The van der Waals surface area contributed by atoms with E-state index in [1.54, 1.807) is 6.20 Å². The largest absolute Gasteiger partial charge is 0.299 e. The van der Waals surface area contributed by atoms with Gasteiger partial charge in [-0.05, 0) is 45.1 Å². The van der Waals surface area contributed by atoms with Crippen molar-refractivity contribution in [3.63, 3.8) is 0 Å². The molecule has 1 atom stereocenters. The summed E-state index contributed by atoms with van der Waals surface area (Å²) >= 11 is 3.44. The minimum absolute atomic E-state index is 0.173. The number of hydrogen-bond donors (Lipinski definition) is 0. The highest BCUT2D eigenvalue weighted by Gasteiger charge is 2.24. The third-order valence-corrected chi connectivity index (χ3v) is 6.88. The van der Waals surface area contributed by atoms with E-state index in [1.807, 2.05) is 23.0 Å². The third kappa shape index (κ3) is 6.94. The number of hydrogen-bond acceptors (Lipinski definition) is 4. The van der Waals surface area contributed by atoms with E-state index in [1.165, 1.54) is 5.56 Å². The molecule has 0 fully saturated rings. The quantitative estimate of drug-likeness (QED) is 0.351. The van der Waals surface area contributed by atoms with Crippen LogP contribution < -0.4 is 0 Å². The molecule has 2 heterocycles. The number of carbonyl (C=O) groups excluding carboxylic acids is 1. The topological polar surface area (TPSA) is 60.7 Å². The van der Waals surface area contributed by atoms with Gasteiger partial charge in [0.2, 0.25) is 0 Å². The fourth-order valence-corrected chi connectivity index (χ4v) is 4.90. The molecule has 164 valence electrons. The first-order valence-electron chi connectivity index (χ1n) is 10.7. The van der Waals surface area contributed by atoms with Crippen molar-refractivity contribution in [1.82, 2.24) is 20.0 Å². The summed E-state index contributed by atoms with van der Waals surface area (Å²) in [5.74, 6) is 0.453. The molecule has 0 aliphatic carbocycles. The second-order valence-corrected chi connectivity index (χ2v) is 16.0. The third-order valence-electron chi connectivity index (χ3n) is 5.14. The van der Waals surface area contributed by atoms with Crippen molar-refractivity contribution in [1.29, 1.82) is 0 Å². The van der Waals surface area contributed by atoms with Crippen molar-refractivity contribution in [2.75, 3.05) is 0 Å². The molecular formula is C24H31BrN4OSi. The van der Waals surface area contributed by atoms with Crippen LogP contribution in [0.15, 0.2) is 53.3 Å². The van der Waals surface area contributed by atoms with Crippen LogP contribution in [0, 0.1) is 0 Å². The van der Waals surface area contributed by atoms with Gasteiger partial charge in [0.1, 0.15) is 5.78 Å². The maximum Gasteiger partial charge on any atom is 0.138 e. The molecule has 3 aromatic rings. The summed E-state index contributed by atoms with van der Waals surface area (Å²) in [7, 11) is -1.33. The molecule has 0 bridgehead atoms. The van der Waals surface area contributed by atoms with Gasteiger partial charge in [0.05, 0.1) is 25.4 Å². The molecule has 0 N–H and O–H groups in total. The first kappa shape index (κ1) is 23.5. The van der Waals surface area contributed by atoms with Crippen LogP contribution >= 0.6 is 15.9 Å². The van der Waals surface area contributed by atoms with Crippen molar-refractivity contribution < 1.29 is 4.79 Å². The summed E-state index contributed by atoms with van der Waals surface area (Å²) in [6.45, 7) is 11.2. The summed E-state index contributed by atoms with van der Waals surface area (Å²) in [5.41, 5.74) is 3.97. The summed E-state index contributed by atoms with van der Waals surface area (Å²) in [6.07, 6.45) is 5.42. The Morgan fingerprint density at radius 2 is 1.77 bits per heavy atom. The number of pyridine rings is 1. The fraction of sp³-hybridized carbons (Fsp3) is 0.417. The molecule has 3 rings (SSSR count). The van der Waals surface area contributed by atoms with E-state index in [4.69, 9.17) is 0 Å². The molecule has 1 aromatic carbocycles. The van der Waals surface area contributed by atoms with Gasteiger partial charge in [-0.2, -0.15) is 0 Å². The number of rotatable bonds is 9. The number of carbonyl (C=O) groups is 1. The Balaban J connectivity index is 1.80. The number of ketones is 1. The van der Waals surface area contributed by atoms with Gasteiger partial charge in [0.15, 0.2) is 0 Å². The standard InChI is InChI=1S/C24H31BrN4OSi/c1-17(2)19-8-6-18(7-9-19)12-21(30)13-22(23-11-10-20(25)14-26-23)24-15-29(28-27-24)16-31(3,4)5/h6-11,14-15,17,22H,12-13,16H2,1-5H3/t22-/m0/s1. The maximum atomic E-state index is 13.0. The average Bonchev–Trinajstić information content (AvgIpc) is 3.13. The van der Waals surface area contributed by atoms with E-state index in [-0.39, 0.29) is 11.7 Å². The predicted octanol–water partition coefficient (Wildman–Crippen LogP) is 5.77. The SMILES string of the molecule is CC(C)c1ccc(CC(=O)C[C@@H](c2ccc(Br)cn2)c2cn(C[Si](C)(C)C)nn2)cc1. The smallest absolute Gasteiger partial charge is 0.138 e. The molecule has 0 unspecified atom stereocenters. The minimum Gasteiger partial charge on any atom is -0.299 e. The number of aromatic nitrogens is 4. The van der Waals surface area contributed by atoms with Crippen LogP contribution in [-0.2, 0) is 17.4 Å². The molecule has 7 heteroatoms. The Morgan fingerprint density at radius 1 is 1.06 bits per heavy atom. The van der Waals surface area contributed by atoms with Crippen molar-refractivity contribution in [2.24, 2.45) is 0 Å². The Hall–Kier alpha value is -2.12. The van der Waals surface area contributed by atoms with Gasteiger partial charge in [-0.3, -0.25) is 14.5 Å². The van der Waals surface area contributed by atoms with Gasteiger partial charge >= 0.3 is 0 Å². The molecule has 0 amide bonds. The van der Waals surface area contributed by atoms with Crippen molar-refractivity contribution in [3.8, 4) is 0 Å². The number of Topliss-reactive ketones (excluding diaryl/α,β-unsaturated/α-hetero) is 1. The van der Waals surface area contributed by atoms with Gasteiger partial charge in [-0.1, -0.05) is 63.0 Å². The molecule has 0 aliphatic rings. The van der Waals surface area contributed by atoms with E-state index in [9.17, 15) is 4.79 Å². The van der Waals surface area contributed by atoms with Crippen molar-refractivity contribution in [3.05, 3.63) is 75.8 Å². The van der Waals surface area contributed by atoms with E-state index in [2.05, 4.69) is 89.0 Å². The van der Waals surface area contributed by atoms with E-state index < -0.39 is 8.07 Å². The van der Waals surface area contributed by atoms with Crippen LogP contribution in [0.1, 0.15) is 54.6 Å². The van der Waals surface area contributed by atoms with Crippen LogP contribution in [0.4, 0.5) is 0 Å². The molecule has 0 radical (unpaired) electrons. The van der Waals surface area contributed by atoms with Gasteiger partial charge in [-0.25, -0.2) is 0 Å². The molecule has 31 heavy (non-hydrogen) atoms. The molecular weight excluding hydrogens is 468 g/mol. The number of nitrogens with zero attached hydrogens (tertiary/aromatic N) is 4. The first-order chi connectivity index (χ1) is 14.6. The Kier molecular flexibility index (Phi) is 7.59. The van der Waals surface area contributed by atoms with E-state index in [0.717, 1.165) is 27.6 Å².